The molecule has 1 amide bonds. The van der Waals surface area contributed by atoms with Crippen LogP contribution in [0.3, 0.4) is 0 Å². The van der Waals surface area contributed by atoms with Gasteiger partial charge in [0.2, 0.25) is 10.0 Å². The van der Waals surface area contributed by atoms with Crippen LogP contribution in [0.2, 0.25) is 0 Å². The number of hydrogen-bond donors (Lipinski definition) is 3. The third-order valence-corrected chi connectivity index (χ3v) is 7.67. The molecule has 0 spiro atoms. The Labute approximate surface area is 192 Å². The lowest BCUT2D eigenvalue weighted by Gasteiger charge is -2.34. The second-order valence-electron chi connectivity index (χ2n) is 7.83. The molecule has 1 aromatic heterocycles. The highest BCUT2D eigenvalue weighted by molar-refractivity contribution is 7.89. The summed E-state index contributed by atoms with van der Waals surface area (Å²) in [5.74, 6) is 1.05. The van der Waals surface area contributed by atoms with E-state index in [-0.39, 0.29) is 4.90 Å². The smallest absolute Gasteiger partial charge is 0.404 e. The highest BCUT2D eigenvalue weighted by atomic mass is 32.2. The second-order valence-corrected chi connectivity index (χ2v) is 9.74. The van der Waals surface area contributed by atoms with Gasteiger partial charge in [0.05, 0.1) is 4.90 Å². The van der Waals surface area contributed by atoms with Crippen molar-refractivity contribution < 1.29 is 18.3 Å². The van der Waals surface area contributed by atoms with Crippen LogP contribution in [-0.4, -0.2) is 83.3 Å². The quantitative estimate of drug-likeness (QED) is 0.481. The number of rotatable bonds is 7. The number of H-pyrrole nitrogens is 1. The van der Waals surface area contributed by atoms with E-state index in [2.05, 4.69) is 20.5 Å². The molecular weight excluding hydrogens is 444 g/mol. The van der Waals surface area contributed by atoms with E-state index in [1.807, 2.05) is 41.3 Å². The van der Waals surface area contributed by atoms with Crippen molar-refractivity contribution in [3.05, 3.63) is 54.1 Å². The molecule has 10 nitrogen and oxygen atoms in total. The molecule has 3 aromatic rings. The molecule has 3 N–H and O–H groups in total. The number of carboxylic acid groups (broad SMARTS) is 1. The molecule has 0 radical (unpaired) electrons. The first kappa shape index (κ1) is 22.9. The molecule has 1 saturated heterocycles. The number of nitrogens with zero attached hydrogens (tertiary/aromatic N) is 4. The van der Waals surface area contributed by atoms with Crippen molar-refractivity contribution in [3.63, 3.8) is 0 Å². The van der Waals surface area contributed by atoms with Gasteiger partial charge in [-0.1, -0.05) is 42.5 Å². The maximum atomic E-state index is 13.4. The number of carbonyl (C=O) groups is 1. The van der Waals surface area contributed by atoms with Gasteiger partial charge >= 0.3 is 6.09 Å². The average molecular weight is 471 g/mol. The molecule has 0 atom stereocenters. The Morgan fingerprint density at radius 2 is 1.82 bits per heavy atom. The first-order valence-electron chi connectivity index (χ1n) is 10.6. The number of amides is 1. The number of sulfonamides is 1. The van der Waals surface area contributed by atoms with Gasteiger partial charge in [0, 0.05) is 50.4 Å². The van der Waals surface area contributed by atoms with Gasteiger partial charge in [-0.2, -0.15) is 9.40 Å². The number of benzene rings is 2. The number of aromatic amines is 1. The molecule has 174 valence electrons. The summed E-state index contributed by atoms with van der Waals surface area (Å²) in [4.78, 5) is 17.4. The molecular formula is C22H26N6O4S. The summed E-state index contributed by atoms with van der Waals surface area (Å²) in [5, 5.41) is 18.2. The van der Waals surface area contributed by atoms with Crippen LogP contribution in [0.15, 0.2) is 53.4 Å². The van der Waals surface area contributed by atoms with Gasteiger partial charge < -0.3 is 10.4 Å². The van der Waals surface area contributed by atoms with Crippen LogP contribution in [-0.2, 0) is 10.0 Å². The second kappa shape index (κ2) is 9.69. The summed E-state index contributed by atoms with van der Waals surface area (Å²) in [7, 11) is -3.69. The predicted octanol–water partition coefficient (Wildman–Crippen LogP) is 2.02. The van der Waals surface area contributed by atoms with Crippen LogP contribution < -0.4 is 5.32 Å². The van der Waals surface area contributed by atoms with Crippen LogP contribution in [0.4, 0.5) is 4.79 Å². The summed E-state index contributed by atoms with van der Waals surface area (Å²) in [6.07, 6.45) is -1.06. The molecule has 2 heterocycles. The minimum absolute atomic E-state index is 0.243. The summed E-state index contributed by atoms with van der Waals surface area (Å²) < 4.78 is 28.3. The summed E-state index contributed by atoms with van der Waals surface area (Å²) in [6.45, 7) is 4.41. The number of hydrogen-bond acceptors (Lipinski definition) is 6. The van der Waals surface area contributed by atoms with Crippen LogP contribution in [0, 0.1) is 6.92 Å². The van der Waals surface area contributed by atoms with Gasteiger partial charge in [-0.15, -0.1) is 0 Å². The molecule has 1 fully saturated rings. The zero-order valence-corrected chi connectivity index (χ0v) is 19.0. The fourth-order valence-electron chi connectivity index (χ4n) is 3.79. The molecule has 11 heteroatoms. The van der Waals surface area contributed by atoms with Gasteiger partial charge in [0.15, 0.2) is 11.6 Å². The SMILES string of the molecule is Cc1ccc(-c2n[nH]c(-c3ccccc3)n2)cc1S(=O)(=O)N1CCN(CCNC(=O)O)CC1. The number of aryl methyl sites for hydroxylation is 1. The largest absolute Gasteiger partial charge is 0.465 e. The Bertz CT molecular complexity index is 1220. The van der Waals surface area contributed by atoms with E-state index in [9.17, 15) is 13.2 Å². The molecule has 0 unspecified atom stereocenters. The van der Waals surface area contributed by atoms with Crippen molar-refractivity contribution in [2.75, 3.05) is 39.3 Å². The third kappa shape index (κ3) is 5.21. The summed E-state index contributed by atoms with van der Waals surface area (Å²) in [6, 6.07) is 14.8. The fourth-order valence-corrected chi connectivity index (χ4v) is 5.46. The van der Waals surface area contributed by atoms with Gasteiger partial charge in [-0.3, -0.25) is 10.00 Å². The van der Waals surface area contributed by atoms with Gasteiger partial charge in [0.25, 0.3) is 0 Å². The van der Waals surface area contributed by atoms with Crippen molar-refractivity contribution in [1.82, 2.24) is 29.7 Å². The first-order chi connectivity index (χ1) is 15.8. The van der Waals surface area contributed by atoms with Crippen molar-refractivity contribution in [2.24, 2.45) is 0 Å². The monoisotopic (exact) mass is 470 g/mol. The Kier molecular flexibility index (Phi) is 6.72. The molecule has 4 rings (SSSR count). The third-order valence-electron chi connectivity index (χ3n) is 5.63. The minimum Gasteiger partial charge on any atom is -0.465 e. The van der Waals surface area contributed by atoms with Crippen LogP contribution in [0.25, 0.3) is 22.8 Å². The Morgan fingerprint density at radius 1 is 1.09 bits per heavy atom. The lowest BCUT2D eigenvalue weighted by molar-refractivity contribution is 0.177. The van der Waals surface area contributed by atoms with E-state index in [4.69, 9.17) is 5.11 Å². The lowest BCUT2D eigenvalue weighted by Crippen LogP contribution is -2.50. The van der Waals surface area contributed by atoms with E-state index in [1.54, 1.807) is 19.1 Å². The molecule has 33 heavy (non-hydrogen) atoms. The van der Waals surface area contributed by atoms with Gasteiger partial charge in [0.1, 0.15) is 0 Å². The van der Waals surface area contributed by atoms with E-state index < -0.39 is 16.1 Å². The maximum Gasteiger partial charge on any atom is 0.404 e. The maximum absolute atomic E-state index is 13.4. The predicted molar refractivity (Wildman–Crippen MR) is 123 cm³/mol. The summed E-state index contributed by atoms with van der Waals surface area (Å²) >= 11 is 0. The number of piperazine rings is 1. The summed E-state index contributed by atoms with van der Waals surface area (Å²) in [5.41, 5.74) is 2.18. The Morgan fingerprint density at radius 3 is 2.52 bits per heavy atom. The van der Waals surface area contributed by atoms with Gasteiger partial charge in [-0.25, -0.2) is 18.2 Å². The highest BCUT2D eigenvalue weighted by Crippen LogP contribution is 2.27. The lowest BCUT2D eigenvalue weighted by atomic mass is 10.1. The molecule has 1 aliphatic rings. The van der Waals surface area contributed by atoms with Crippen molar-refractivity contribution >= 4 is 16.1 Å². The molecule has 2 aromatic carbocycles. The minimum atomic E-state index is -3.69. The van der Waals surface area contributed by atoms with Crippen molar-refractivity contribution in [1.29, 1.82) is 0 Å². The highest BCUT2D eigenvalue weighted by Gasteiger charge is 2.30. The molecule has 1 aliphatic heterocycles. The van der Waals surface area contributed by atoms with Gasteiger partial charge in [-0.05, 0) is 18.6 Å². The Balaban J connectivity index is 1.50. The van der Waals surface area contributed by atoms with Crippen molar-refractivity contribution in [2.45, 2.75) is 11.8 Å². The van der Waals surface area contributed by atoms with E-state index >= 15 is 0 Å². The topological polar surface area (TPSA) is 132 Å². The van der Waals surface area contributed by atoms with Crippen LogP contribution in [0.5, 0.6) is 0 Å². The average Bonchev–Trinajstić information content (AvgIpc) is 3.30. The normalized spacial score (nSPS) is 15.4. The van der Waals surface area contributed by atoms with E-state index in [0.717, 1.165) is 5.56 Å². The standard InChI is InChI=1S/C22H26N6O4S/c1-16-7-8-18(21-24-20(25-26-21)17-5-3-2-4-6-17)15-19(16)33(31,32)28-13-11-27(12-14-28)10-9-23-22(29)30/h2-8,15,23H,9-14H2,1H3,(H,29,30)(H,24,25,26). The van der Waals surface area contributed by atoms with Crippen LogP contribution >= 0.6 is 0 Å². The Hall–Kier alpha value is -3.28. The number of aromatic nitrogens is 3. The zero-order valence-electron chi connectivity index (χ0n) is 18.2. The first-order valence-corrected chi connectivity index (χ1v) is 12.1. The zero-order chi connectivity index (χ0) is 23.4. The number of nitrogens with one attached hydrogen (secondary N) is 2. The molecule has 0 saturated carbocycles. The van der Waals surface area contributed by atoms with Crippen molar-refractivity contribution in [3.8, 4) is 22.8 Å². The molecule has 0 aliphatic carbocycles. The van der Waals surface area contributed by atoms with E-state index in [1.165, 1.54) is 4.31 Å². The molecule has 0 bridgehead atoms. The van der Waals surface area contributed by atoms with E-state index in [0.29, 0.717) is 62.0 Å². The van der Waals surface area contributed by atoms with Crippen LogP contribution in [0.1, 0.15) is 5.56 Å². The fraction of sp³-hybridized carbons (Fsp3) is 0.318.